The first-order chi connectivity index (χ1) is 17.6. The van der Waals surface area contributed by atoms with Crippen LogP contribution in [0.2, 0.25) is 0 Å². The third-order valence-corrected chi connectivity index (χ3v) is 8.06. The van der Waals surface area contributed by atoms with Crippen molar-refractivity contribution < 1.29 is 12.8 Å². The summed E-state index contributed by atoms with van der Waals surface area (Å²) in [4.78, 5) is 8.76. The Morgan fingerprint density at radius 3 is 2.62 bits per heavy atom. The molecule has 2 aliphatic rings. The fourth-order valence-electron chi connectivity index (χ4n) is 4.78. The average molecular weight is 525 g/mol. The molecule has 3 heterocycles. The number of benzene rings is 2. The number of hydrogen-bond acceptors (Lipinski definition) is 8. The first-order valence-corrected chi connectivity index (χ1v) is 13.8. The second-order valence-electron chi connectivity index (χ2n) is 9.28. The number of aryl methyl sites for hydroxylation is 1. The molecular formula is C25H29FN8O2S. The second kappa shape index (κ2) is 9.36. The van der Waals surface area contributed by atoms with Crippen LogP contribution in [0.1, 0.15) is 30.7 Å². The van der Waals surface area contributed by atoms with Gasteiger partial charge < -0.3 is 16.4 Å². The van der Waals surface area contributed by atoms with Crippen molar-refractivity contribution in [2.24, 2.45) is 10.7 Å². The van der Waals surface area contributed by atoms with E-state index in [1.54, 1.807) is 19.1 Å². The number of nitrogens with zero attached hydrogens (tertiary/aromatic N) is 5. The van der Waals surface area contributed by atoms with Crippen LogP contribution >= 0.6 is 0 Å². The van der Waals surface area contributed by atoms with Crippen LogP contribution in [0.4, 0.5) is 10.1 Å². The first-order valence-electron chi connectivity index (χ1n) is 11.9. The Morgan fingerprint density at radius 1 is 1.24 bits per heavy atom. The standard InChI is InChI=1S/C25H29FN8O2S/c1-4-25(27)20-14-33(37(3,35)36)13-19(17-8-6-5-7-9-17)23(20)31-24(32-25)30-18-10-11-22(21(26)12-18)34-16(2)28-15-29-34/h5-12,15,19H,4,13-14,27H2,1-3H3,(H2,30,31,32). The van der Waals surface area contributed by atoms with E-state index in [4.69, 9.17) is 10.7 Å². The van der Waals surface area contributed by atoms with Gasteiger partial charge in [0.1, 0.15) is 23.5 Å². The van der Waals surface area contributed by atoms with Gasteiger partial charge in [0.2, 0.25) is 16.0 Å². The molecule has 2 aliphatic heterocycles. The van der Waals surface area contributed by atoms with Crippen LogP contribution in [0, 0.1) is 12.7 Å². The van der Waals surface area contributed by atoms with Gasteiger partial charge in [-0.15, -0.1) is 0 Å². The molecule has 12 heteroatoms. The number of sulfonamides is 1. The predicted molar refractivity (Wildman–Crippen MR) is 140 cm³/mol. The molecule has 37 heavy (non-hydrogen) atoms. The van der Waals surface area contributed by atoms with Crippen LogP contribution in [-0.4, -0.2) is 58.5 Å². The molecule has 2 atom stereocenters. The lowest BCUT2D eigenvalue weighted by Gasteiger charge is -2.43. The monoisotopic (exact) mass is 524 g/mol. The Kier molecular flexibility index (Phi) is 6.34. The average Bonchev–Trinajstić information content (AvgIpc) is 3.29. The van der Waals surface area contributed by atoms with Crippen molar-refractivity contribution in [2.45, 2.75) is 31.8 Å². The third-order valence-electron chi connectivity index (χ3n) is 6.85. The minimum absolute atomic E-state index is 0.145. The lowest BCUT2D eigenvalue weighted by molar-refractivity contribution is 0.349. The summed E-state index contributed by atoms with van der Waals surface area (Å²) in [5.74, 6) is 0.172. The molecule has 0 fully saturated rings. The summed E-state index contributed by atoms with van der Waals surface area (Å²) < 4.78 is 43.0. The predicted octanol–water partition coefficient (Wildman–Crippen LogP) is 2.46. The number of aromatic nitrogens is 3. The maximum Gasteiger partial charge on any atom is 0.211 e. The van der Waals surface area contributed by atoms with Gasteiger partial charge in [-0.3, -0.25) is 0 Å². The van der Waals surface area contributed by atoms with Crippen molar-refractivity contribution in [3.63, 3.8) is 0 Å². The first kappa shape index (κ1) is 25.1. The zero-order valence-electron chi connectivity index (χ0n) is 20.8. The number of nitrogens with one attached hydrogen (secondary N) is 2. The Morgan fingerprint density at radius 2 is 2.00 bits per heavy atom. The number of nitrogens with two attached hydrogens (primary N) is 1. The zero-order valence-corrected chi connectivity index (χ0v) is 21.6. The topological polar surface area (TPSA) is 131 Å². The quantitative estimate of drug-likeness (QED) is 0.467. The molecule has 0 saturated heterocycles. The van der Waals surface area contributed by atoms with Crippen LogP contribution < -0.4 is 16.4 Å². The Labute approximate surface area is 215 Å². The second-order valence-corrected chi connectivity index (χ2v) is 11.3. The van der Waals surface area contributed by atoms with Gasteiger partial charge in [-0.05, 0) is 37.1 Å². The minimum atomic E-state index is -3.47. The summed E-state index contributed by atoms with van der Waals surface area (Å²) in [5.41, 5.74) is 8.88. The van der Waals surface area contributed by atoms with E-state index in [0.29, 0.717) is 29.5 Å². The highest BCUT2D eigenvalue weighted by Crippen LogP contribution is 2.39. The molecule has 0 radical (unpaired) electrons. The molecule has 4 N–H and O–H groups in total. The van der Waals surface area contributed by atoms with Crippen molar-refractivity contribution >= 4 is 21.7 Å². The minimum Gasteiger partial charge on any atom is -0.329 e. The van der Waals surface area contributed by atoms with Crippen molar-refractivity contribution in [2.75, 3.05) is 24.7 Å². The van der Waals surface area contributed by atoms with Crippen LogP contribution in [0.5, 0.6) is 0 Å². The number of hydrogen-bond donors (Lipinski definition) is 3. The molecule has 0 bridgehead atoms. The SMILES string of the molecule is CCC1(N)N=C(Nc2ccc(-n3ncnc3C)c(F)c2)NC2=C1CN(S(C)(=O)=O)CC2c1ccccc1. The van der Waals surface area contributed by atoms with Crippen LogP contribution in [0.15, 0.2) is 71.1 Å². The van der Waals surface area contributed by atoms with E-state index in [1.807, 2.05) is 37.3 Å². The molecule has 0 amide bonds. The van der Waals surface area contributed by atoms with Gasteiger partial charge in [0.15, 0.2) is 5.82 Å². The van der Waals surface area contributed by atoms with Gasteiger partial charge in [-0.25, -0.2) is 27.5 Å². The molecule has 5 rings (SSSR count). The summed E-state index contributed by atoms with van der Waals surface area (Å²) in [6.07, 6.45) is 3.02. The summed E-state index contributed by atoms with van der Waals surface area (Å²) in [7, 11) is -3.47. The van der Waals surface area contributed by atoms with Crippen molar-refractivity contribution in [1.82, 2.24) is 24.4 Å². The van der Waals surface area contributed by atoms with Gasteiger partial charge in [0, 0.05) is 36.0 Å². The van der Waals surface area contributed by atoms with Gasteiger partial charge >= 0.3 is 0 Å². The molecular weight excluding hydrogens is 495 g/mol. The van der Waals surface area contributed by atoms with Gasteiger partial charge in [-0.1, -0.05) is 37.3 Å². The van der Waals surface area contributed by atoms with Gasteiger partial charge in [0.25, 0.3) is 0 Å². The van der Waals surface area contributed by atoms with Crippen LogP contribution in [0.25, 0.3) is 5.69 Å². The summed E-state index contributed by atoms with van der Waals surface area (Å²) in [5, 5.41) is 10.6. The van der Waals surface area contributed by atoms with Crippen LogP contribution in [0.3, 0.4) is 0 Å². The highest BCUT2D eigenvalue weighted by atomic mass is 32.2. The zero-order chi connectivity index (χ0) is 26.4. The molecule has 3 aromatic rings. The molecule has 1 aromatic heterocycles. The highest BCUT2D eigenvalue weighted by molar-refractivity contribution is 7.88. The Hall–Kier alpha value is -3.61. The number of halogens is 1. The maximum absolute atomic E-state index is 15.0. The highest BCUT2D eigenvalue weighted by Gasteiger charge is 2.43. The van der Waals surface area contributed by atoms with Crippen LogP contribution in [-0.2, 0) is 10.0 Å². The third kappa shape index (κ3) is 4.75. The lowest BCUT2D eigenvalue weighted by Crippen LogP contribution is -2.56. The maximum atomic E-state index is 15.0. The van der Waals surface area contributed by atoms with E-state index in [2.05, 4.69) is 20.7 Å². The van der Waals surface area contributed by atoms with E-state index in [1.165, 1.54) is 27.6 Å². The number of anilines is 1. The Bertz CT molecular complexity index is 1500. The summed E-state index contributed by atoms with van der Waals surface area (Å²) >= 11 is 0. The number of rotatable bonds is 5. The van der Waals surface area contributed by atoms with E-state index in [0.717, 1.165) is 11.3 Å². The van der Waals surface area contributed by atoms with Crippen molar-refractivity contribution in [3.8, 4) is 5.69 Å². The van der Waals surface area contributed by atoms with Gasteiger partial charge in [0.05, 0.1) is 6.26 Å². The fraction of sp³-hybridized carbons (Fsp3) is 0.320. The largest absolute Gasteiger partial charge is 0.329 e. The summed E-state index contributed by atoms with van der Waals surface area (Å²) in [6, 6.07) is 14.4. The molecule has 194 valence electrons. The van der Waals surface area contributed by atoms with E-state index in [-0.39, 0.29) is 24.7 Å². The smallest absolute Gasteiger partial charge is 0.211 e. The fourth-order valence-corrected chi connectivity index (χ4v) is 5.56. The molecule has 0 saturated carbocycles. The molecule has 2 unspecified atom stereocenters. The molecule has 10 nitrogen and oxygen atoms in total. The number of guanidine groups is 1. The lowest BCUT2D eigenvalue weighted by atomic mass is 9.83. The molecule has 0 spiro atoms. The van der Waals surface area contributed by atoms with Gasteiger partial charge in [-0.2, -0.15) is 9.40 Å². The Balaban J connectivity index is 1.50. The normalized spacial score (nSPS) is 22.3. The molecule has 2 aromatic carbocycles. The molecule has 0 aliphatic carbocycles. The number of aliphatic imine (C=N–C) groups is 1. The van der Waals surface area contributed by atoms with E-state index >= 15 is 0 Å². The van der Waals surface area contributed by atoms with E-state index in [9.17, 15) is 12.8 Å². The summed E-state index contributed by atoms with van der Waals surface area (Å²) in [6.45, 7) is 4.06. The van der Waals surface area contributed by atoms with Crippen molar-refractivity contribution in [1.29, 1.82) is 0 Å². The van der Waals surface area contributed by atoms with Crippen molar-refractivity contribution in [3.05, 3.63) is 83.3 Å². The van der Waals surface area contributed by atoms with E-state index < -0.39 is 21.5 Å².